The first-order valence-electron chi connectivity index (χ1n) is 11.4. The van der Waals surface area contributed by atoms with Gasteiger partial charge in [-0.05, 0) is 36.8 Å². The van der Waals surface area contributed by atoms with Crippen molar-refractivity contribution in [3.63, 3.8) is 0 Å². The van der Waals surface area contributed by atoms with Crippen LogP contribution >= 0.6 is 0 Å². The summed E-state index contributed by atoms with van der Waals surface area (Å²) >= 11 is 0. The molecule has 1 aromatic heterocycles. The zero-order valence-corrected chi connectivity index (χ0v) is 19.0. The van der Waals surface area contributed by atoms with Crippen molar-refractivity contribution >= 4 is 18.1 Å². The number of anilines is 1. The Morgan fingerprint density at radius 1 is 1.27 bits per heavy atom. The number of rotatable bonds is 5. The highest BCUT2D eigenvalue weighted by Crippen LogP contribution is 2.47. The van der Waals surface area contributed by atoms with Gasteiger partial charge in [-0.15, -0.1) is 0 Å². The third-order valence-electron chi connectivity index (χ3n) is 7.27. The summed E-state index contributed by atoms with van der Waals surface area (Å²) in [6, 6.07) is 8.75. The van der Waals surface area contributed by atoms with Crippen LogP contribution in [0, 0.1) is 0 Å². The molecule has 0 radical (unpaired) electrons. The molecule has 3 aliphatic rings. The van der Waals surface area contributed by atoms with Gasteiger partial charge in [-0.1, -0.05) is 24.3 Å². The van der Waals surface area contributed by atoms with Gasteiger partial charge in [0.1, 0.15) is 11.4 Å². The fourth-order valence-corrected chi connectivity index (χ4v) is 5.62. The zero-order chi connectivity index (χ0) is 23.1. The predicted octanol–water partition coefficient (Wildman–Crippen LogP) is 1.23. The van der Waals surface area contributed by atoms with E-state index in [0.29, 0.717) is 50.8 Å². The standard InChI is InChI=1S/C24H29N5O4/c1-25-21(31)23(26-15-30)9-5-11-29(14-23)20-17-13-33-24(12-19(17)27-22(28-20)32-2)10-8-16-6-3-4-7-18(16)24/h3-4,6-7,15H,5,8-14H2,1-2H3,(H,25,31)(H,26,30). The molecule has 2 amide bonds. The smallest absolute Gasteiger partial charge is 0.318 e. The molecular weight excluding hydrogens is 422 g/mol. The van der Waals surface area contributed by atoms with Crippen LogP contribution in [0.4, 0.5) is 5.82 Å². The molecule has 1 fully saturated rings. The first-order valence-corrected chi connectivity index (χ1v) is 11.4. The van der Waals surface area contributed by atoms with Gasteiger partial charge in [-0.2, -0.15) is 9.97 Å². The lowest BCUT2D eigenvalue weighted by Crippen LogP contribution is -2.64. The summed E-state index contributed by atoms with van der Waals surface area (Å²) in [6.07, 6.45) is 4.43. The molecule has 1 saturated heterocycles. The maximum atomic E-state index is 12.7. The summed E-state index contributed by atoms with van der Waals surface area (Å²) in [6.45, 7) is 1.40. The molecule has 9 heteroatoms. The van der Waals surface area contributed by atoms with Crippen LogP contribution in [-0.2, 0) is 39.4 Å². The second-order valence-corrected chi connectivity index (χ2v) is 9.02. The van der Waals surface area contributed by atoms with Crippen LogP contribution in [0.2, 0.25) is 0 Å². The number of carbonyl (C=O) groups excluding carboxylic acids is 2. The van der Waals surface area contributed by atoms with Gasteiger partial charge < -0.3 is 25.0 Å². The van der Waals surface area contributed by atoms with Crippen molar-refractivity contribution in [3.05, 3.63) is 46.6 Å². The largest absolute Gasteiger partial charge is 0.467 e. The van der Waals surface area contributed by atoms with Gasteiger partial charge in [0.25, 0.3) is 0 Å². The van der Waals surface area contributed by atoms with E-state index in [-0.39, 0.29) is 11.5 Å². The maximum Gasteiger partial charge on any atom is 0.318 e. The number of hydrogen-bond donors (Lipinski definition) is 2. The van der Waals surface area contributed by atoms with Crippen LogP contribution in [-0.4, -0.2) is 55.1 Å². The number of fused-ring (bicyclic) bond motifs is 3. The van der Waals surface area contributed by atoms with Crippen molar-refractivity contribution in [2.45, 2.75) is 49.9 Å². The Morgan fingerprint density at radius 2 is 2.12 bits per heavy atom. The fourth-order valence-electron chi connectivity index (χ4n) is 5.62. The van der Waals surface area contributed by atoms with Crippen molar-refractivity contribution in [2.24, 2.45) is 0 Å². The van der Waals surface area contributed by atoms with Crippen LogP contribution in [0.15, 0.2) is 24.3 Å². The Balaban J connectivity index is 1.52. The van der Waals surface area contributed by atoms with Crippen LogP contribution in [0.3, 0.4) is 0 Å². The highest BCUT2D eigenvalue weighted by molar-refractivity contribution is 5.89. The molecule has 1 aliphatic carbocycles. The van der Waals surface area contributed by atoms with Crippen molar-refractivity contribution < 1.29 is 19.1 Å². The molecule has 1 aromatic carbocycles. The number of benzene rings is 1. The van der Waals surface area contributed by atoms with Gasteiger partial charge in [0.15, 0.2) is 0 Å². The number of piperidine rings is 1. The third kappa shape index (κ3) is 3.51. The van der Waals surface area contributed by atoms with Crippen molar-refractivity contribution in [1.82, 2.24) is 20.6 Å². The molecule has 2 N–H and O–H groups in total. The van der Waals surface area contributed by atoms with Gasteiger partial charge in [-0.3, -0.25) is 9.59 Å². The van der Waals surface area contributed by atoms with Gasteiger partial charge in [0.05, 0.1) is 31.6 Å². The Bertz CT molecular complexity index is 1090. The first-order chi connectivity index (χ1) is 16.0. The number of aryl methyl sites for hydroxylation is 1. The van der Waals surface area contributed by atoms with Gasteiger partial charge in [0, 0.05) is 25.6 Å². The average Bonchev–Trinajstić information content (AvgIpc) is 3.20. The lowest BCUT2D eigenvalue weighted by atomic mass is 9.86. The summed E-state index contributed by atoms with van der Waals surface area (Å²) < 4.78 is 12.0. The van der Waals surface area contributed by atoms with Gasteiger partial charge in [-0.25, -0.2) is 0 Å². The second kappa shape index (κ2) is 8.30. The molecule has 174 valence electrons. The molecule has 0 saturated carbocycles. The van der Waals surface area contributed by atoms with Crippen LogP contribution < -0.4 is 20.3 Å². The van der Waals surface area contributed by atoms with Crippen LogP contribution in [0.25, 0.3) is 0 Å². The number of carbonyl (C=O) groups is 2. The Hall–Kier alpha value is -3.20. The summed E-state index contributed by atoms with van der Waals surface area (Å²) in [5.74, 6) is 0.491. The minimum atomic E-state index is -1.01. The van der Waals surface area contributed by atoms with E-state index in [1.807, 2.05) is 4.90 Å². The highest BCUT2D eigenvalue weighted by Gasteiger charge is 2.46. The first kappa shape index (κ1) is 21.6. The van der Waals surface area contributed by atoms with Crippen molar-refractivity contribution in [3.8, 4) is 6.01 Å². The van der Waals surface area contributed by atoms with Crippen LogP contribution in [0.5, 0.6) is 6.01 Å². The van der Waals surface area contributed by atoms with Crippen LogP contribution in [0.1, 0.15) is 41.6 Å². The molecule has 33 heavy (non-hydrogen) atoms. The van der Waals surface area contributed by atoms with E-state index in [4.69, 9.17) is 14.5 Å². The van der Waals surface area contributed by atoms with Gasteiger partial charge in [0.2, 0.25) is 12.3 Å². The van der Waals surface area contributed by atoms with Crippen molar-refractivity contribution in [1.29, 1.82) is 0 Å². The minimum absolute atomic E-state index is 0.216. The van der Waals surface area contributed by atoms with E-state index in [9.17, 15) is 9.59 Å². The average molecular weight is 452 g/mol. The van der Waals surface area contributed by atoms with Crippen molar-refractivity contribution in [2.75, 3.05) is 32.1 Å². The van der Waals surface area contributed by atoms with Gasteiger partial charge >= 0.3 is 6.01 Å². The molecule has 3 heterocycles. The monoisotopic (exact) mass is 451 g/mol. The summed E-state index contributed by atoms with van der Waals surface area (Å²) in [5.41, 5.74) is 3.01. The Morgan fingerprint density at radius 3 is 2.91 bits per heavy atom. The quantitative estimate of drug-likeness (QED) is 0.659. The Labute approximate surface area is 192 Å². The molecule has 5 rings (SSSR count). The minimum Gasteiger partial charge on any atom is -0.467 e. The van der Waals surface area contributed by atoms with E-state index in [0.717, 1.165) is 30.5 Å². The molecule has 2 aliphatic heterocycles. The lowest BCUT2D eigenvalue weighted by Gasteiger charge is -2.43. The number of aromatic nitrogens is 2. The topological polar surface area (TPSA) is 106 Å². The lowest BCUT2D eigenvalue weighted by molar-refractivity contribution is -0.130. The van der Waals surface area contributed by atoms with E-state index in [1.165, 1.54) is 11.1 Å². The molecular formula is C24H29N5O4. The molecule has 2 unspecified atom stereocenters. The number of amides is 2. The number of hydrogen-bond acceptors (Lipinski definition) is 7. The summed E-state index contributed by atoms with van der Waals surface area (Å²) in [4.78, 5) is 35.5. The number of methoxy groups -OCH3 is 1. The number of nitrogens with one attached hydrogen (secondary N) is 2. The van der Waals surface area contributed by atoms with E-state index in [1.54, 1.807) is 14.2 Å². The predicted molar refractivity (Wildman–Crippen MR) is 121 cm³/mol. The zero-order valence-electron chi connectivity index (χ0n) is 19.0. The molecule has 2 aromatic rings. The van der Waals surface area contributed by atoms with E-state index in [2.05, 4.69) is 39.9 Å². The Kier molecular flexibility index (Phi) is 5.44. The molecule has 0 bridgehead atoms. The SMILES string of the molecule is CNC(=O)C1(NC=O)CCCN(c2nc(OC)nc3c2COC2(CCc4ccccc42)C3)C1. The fraction of sp³-hybridized carbons (Fsp3) is 0.500. The summed E-state index contributed by atoms with van der Waals surface area (Å²) in [7, 11) is 3.14. The maximum absolute atomic E-state index is 12.7. The molecule has 1 spiro atoms. The number of likely N-dealkylation sites (N-methyl/N-ethyl adjacent to an activating group) is 1. The third-order valence-corrected chi connectivity index (χ3v) is 7.27. The number of nitrogens with zero attached hydrogens (tertiary/aromatic N) is 3. The normalized spacial score (nSPS) is 25.8. The second-order valence-electron chi connectivity index (χ2n) is 9.02. The molecule has 9 nitrogen and oxygen atoms in total. The van der Waals surface area contributed by atoms with E-state index >= 15 is 0 Å². The highest BCUT2D eigenvalue weighted by atomic mass is 16.5. The molecule has 2 atom stereocenters. The summed E-state index contributed by atoms with van der Waals surface area (Å²) in [5, 5.41) is 5.46. The number of ether oxygens (including phenoxy) is 2. The van der Waals surface area contributed by atoms with E-state index < -0.39 is 5.54 Å².